The molecule has 0 atom stereocenters. The first-order valence-electron chi connectivity index (χ1n) is 4.39. The van der Waals surface area contributed by atoms with Crippen LogP contribution in [0.5, 0.6) is 5.75 Å². The number of anilines is 1. The van der Waals surface area contributed by atoms with Gasteiger partial charge < -0.3 is 4.74 Å². The first kappa shape index (κ1) is 11.3. The molecule has 6 heteroatoms. The van der Waals surface area contributed by atoms with Gasteiger partial charge in [-0.15, -0.1) is 0 Å². The van der Waals surface area contributed by atoms with Crippen molar-refractivity contribution >= 4 is 11.4 Å². The Labute approximate surface area is 86.8 Å². The lowest BCUT2D eigenvalue weighted by Crippen LogP contribution is -2.16. The molecule has 0 aromatic heterocycles. The monoisotopic (exact) mass is 212 g/mol. The Morgan fingerprint density at radius 2 is 2.27 bits per heavy atom. The van der Waals surface area contributed by atoms with Crippen LogP contribution < -0.4 is 9.80 Å². The highest BCUT2D eigenvalue weighted by Crippen LogP contribution is 2.30. The Bertz CT molecular complexity index is 367. The van der Waals surface area contributed by atoms with Gasteiger partial charge in [-0.3, -0.25) is 20.4 Å². The predicted molar refractivity (Wildman–Crippen MR) is 54.5 cm³/mol. The number of methoxy groups -OCH3 is 1. The van der Waals surface area contributed by atoms with E-state index in [9.17, 15) is 15.3 Å². The van der Waals surface area contributed by atoms with Crippen molar-refractivity contribution in [3.05, 3.63) is 28.3 Å². The summed E-state index contributed by atoms with van der Waals surface area (Å²) in [5, 5.41) is 21.0. The second kappa shape index (κ2) is 4.61. The molecule has 0 spiro atoms. The van der Waals surface area contributed by atoms with Gasteiger partial charge in [0, 0.05) is 12.6 Å². The van der Waals surface area contributed by atoms with Crippen LogP contribution in [0.25, 0.3) is 0 Å². The number of ether oxygens (including phenoxy) is 1. The van der Waals surface area contributed by atoms with Crippen LogP contribution in [0.2, 0.25) is 0 Å². The third-order valence-electron chi connectivity index (χ3n) is 1.96. The first-order valence-corrected chi connectivity index (χ1v) is 4.39. The fourth-order valence-electron chi connectivity index (χ4n) is 1.16. The molecule has 0 saturated heterocycles. The van der Waals surface area contributed by atoms with Crippen molar-refractivity contribution in [3.63, 3.8) is 0 Å². The number of nitro groups is 1. The standard InChI is InChI=1S/C9H12N2O4/c1-3-10(12)7-4-5-9(15-2)8(6-7)11(13)14/h4-6,12H,3H2,1-2H3. The smallest absolute Gasteiger partial charge is 0.313 e. The van der Waals surface area contributed by atoms with E-state index in [0.29, 0.717) is 12.2 Å². The molecular formula is C9H12N2O4. The summed E-state index contributed by atoms with van der Waals surface area (Å²) >= 11 is 0. The van der Waals surface area contributed by atoms with E-state index in [1.54, 1.807) is 13.0 Å². The lowest BCUT2D eigenvalue weighted by Gasteiger charge is -2.14. The topological polar surface area (TPSA) is 75.8 Å². The average molecular weight is 212 g/mol. The maximum Gasteiger partial charge on any atom is 0.313 e. The van der Waals surface area contributed by atoms with Crippen molar-refractivity contribution < 1.29 is 14.9 Å². The SMILES string of the molecule is CCN(O)c1ccc(OC)c([N+](=O)[O-])c1. The van der Waals surface area contributed by atoms with Crippen LogP contribution in [0, 0.1) is 10.1 Å². The third kappa shape index (κ3) is 2.35. The molecule has 0 amide bonds. The van der Waals surface area contributed by atoms with E-state index in [2.05, 4.69) is 0 Å². The van der Waals surface area contributed by atoms with Crippen LogP contribution in [0.1, 0.15) is 6.92 Å². The van der Waals surface area contributed by atoms with Crippen molar-refractivity contribution in [2.75, 3.05) is 18.7 Å². The normalized spacial score (nSPS) is 9.80. The zero-order valence-electron chi connectivity index (χ0n) is 8.51. The van der Waals surface area contributed by atoms with Crippen LogP contribution in [-0.4, -0.2) is 23.8 Å². The van der Waals surface area contributed by atoms with Gasteiger partial charge in [-0.1, -0.05) is 0 Å². The molecule has 0 saturated carbocycles. The Morgan fingerprint density at radius 3 is 2.73 bits per heavy atom. The van der Waals surface area contributed by atoms with Gasteiger partial charge in [-0.25, -0.2) is 0 Å². The van der Waals surface area contributed by atoms with Gasteiger partial charge in [0.1, 0.15) is 0 Å². The van der Waals surface area contributed by atoms with Crippen LogP contribution >= 0.6 is 0 Å². The number of hydrogen-bond acceptors (Lipinski definition) is 5. The Morgan fingerprint density at radius 1 is 1.60 bits per heavy atom. The van der Waals surface area contributed by atoms with Crippen molar-refractivity contribution in [1.29, 1.82) is 0 Å². The molecule has 0 aliphatic heterocycles. The molecule has 0 bridgehead atoms. The van der Waals surface area contributed by atoms with E-state index < -0.39 is 4.92 Å². The largest absolute Gasteiger partial charge is 0.490 e. The summed E-state index contributed by atoms with van der Waals surface area (Å²) in [6, 6.07) is 4.27. The van der Waals surface area contributed by atoms with E-state index in [1.165, 1.54) is 19.2 Å². The van der Waals surface area contributed by atoms with Gasteiger partial charge in [-0.2, -0.15) is 0 Å². The fourth-order valence-corrected chi connectivity index (χ4v) is 1.16. The van der Waals surface area contributed by atoms with Gasteiger partial charge in [0.15, 0.2) is 5.75 Å². The number of nitrogens with zero attached hydrogens (tertiary/aromatic N) is 2. The third-order valence-corrected chi connectivity index (χ3v) is 1.96. The minimum atomic E-state index is -0.550. The lowest BCUT2D eigenvalue weighted by atomic mass is 10.2. The molecule has 15 heavy (non-hydrogen) atoms. The van der Waals surface area contributed by atoms with Gasteiger partial charge >= 0.3 is 5.69 Å². The average Bonchev–Trinajstić information content (AvgIpc) is 2.27. The molecule has 0 aliphatic carbocycles. The van der Waals surface area contributed by atoms with Crippen molar-refractivity contribution in [3.8, 4) is 5.75 Å². The van der Waals surface area contributed by atoms with E-state index in [-0.39, 0.29) is 11.4 Å². The van der Waals surface area contributed by atoms with Gasteiger partial charge in [-0.05, 0) is 19.1 Å². The molecule has 0 heterocycles. The van der Waals surface area contributed by atoms with Gasteiger partial charge in [0.05, 0.1) is 17.7 Å². The highest BCUT2D eigenvalue weighted by Gasteiger charge is 2.16. The summed E-state index contributed by atoms with van der Waals surface area (Å²) in [4.78, 5) is 10.1. The van der Waals surface area contributed by atoms with Gasteiger partial charge in [0.2, 0.25) is 0 Å². The second-order valence-electron chi connectivity index (χ2n) is 2.83. The molecule has 1 aromatic rings. The predicted octanol–water partition coefficient (Wildman–Crippen LogP) is 1.82. The second-order valence-corrected chi connectivity index (χ2v) is 2.83. The van der Waals surface area contributed by atoms with E-state index >= 15 is 0 Å². The lowest BCUT2D eigenvalue weighted by molar-refractivity contribution is -0.385. The number of nitro benzene ring substituents is 1. The number of rotatable bonds is 4. The molecule has 0 fully saturated rings. The molecular weight excluding hydrogens is 200 g/mol. The Kier molecular flexibility index (Phi) is 3.46. The highest BCUT2D eigenvalue weighted by atomic mass is 16.6. The van der Waals surface area contributed by atoms with E-state index in [1.807, 2.05) is 0 Å². The first-order chi connectivity index (χ1) is 7.10. The van der Waals surface area contributed by atoms with Crippen molar-refractivity contribution in [1.82, 2.24) is 0 Å². The zero-order valence-corrected chi connectivity index (χ0v) is 8.51. The zero-order chi connectivity index (χ0) is 11.4. The Balaban J connectivity index is 3.16. The summed E-state index contributed by atoms with van der Waals surface area (Å²) in [5.74, 6) is 0.174. The van der Waals surface area contributed by atoms with Crippen LogP contribution in [-0.2, 0) is 0 Å². The summed E-state index contributed by atoms with van der Waals surface area (Å²) in [6.45, 7) is 2.08. The minimum Gasteiger partial charge on any atom is -0.490 e. The molecule has 1 aromatic carbocycles. The molecule has 0 radical (unpaired) electrons. The molecule has 0 unspecified atom stereocenters. The Hall–Kier alpha value is -1.82. The van der Waals surface area contributed by atoms with Crippen LogP contribution in [0.3, 0.4) is 0 Å². The minimum absolute atomic E-state index is 0.164. The number of hydroxylamine groups is 1. The summed E-state index contributed by atoms with van der Waals surface area (Å²) < 4.78 is 4.83. The highest BCUT2D eigenvalue weighted by molar-refractivity contribution is 5.58. The van der Waals surface area contributed by atoms with Crippen molar-refractivity contribution in [2.45, 2.75) is 6.92 Å². The van der Waals surface area contributed by atoms with Crippen LogP contribution in [0.15, 0.2) is 18.2 Å². The fraction of sp³-hybridized carbons (Fsp3) is 0.333. The van der Waals surface area contributed by atoms with Crippen molar-refractivity contribution in [2.24, 2.45) is 0 Å². The molecule has 82 valence electrons. The number of hydrogen-bond donors (Lipinski definition) is 1. The van der Waals surface area contributed by atoms with Gasteiger partial charge in [0.25, 0.3) is 0 Å². The maximum absolute atomic E-state index is 10.7. The maximum atomic E-state index is 10.7. The summed E-state index contributed by atoms with van der Waals surface area (Å²) in [7, 11) is 1.36. The van der Waals surface area contributed by atoms with E-state index in [0.717, 1.165) is 5.06 Å². The quantitative estimate of drug-likeness (QED) is 0.608. The summed E-state index contributed by atoms with van der Waals surface area (Å²) in [6.07, 6.45) is 0. The molecule has 1 rings (SSSR count). The molecule has 1 N–H and O–H groups in total. The van der Waals surface area contributed by atoms with Crippen LogP contribution in [0.4, 0.5) is 11.4 Å². The van der Waals surface area contributed by atoms with E-state index in [4.69, 9.17) is 4.74 Å². The summed E-state index contributed by atoms with van der Waals surface area (Å²) in [5.41, 5.74) is 0.201. The number of benzene rings is 1. The molecule has 6 nitrogen and oxygen atoms in total. The molecule has 0 aliphatic rings.